The number of benzene rings is 1. The molecule has 0 saturated heterocycles. The second kappa shape index (κ2) is 7.23. The fraction of sp³-hybridized carbons (Fsp3) is 0.267. The van der Waals surface area contributed by atoms with Crippen molar-refractivity contribution in [3.63, 3.8) is 0 Å². The Morgan fingerprint density at radius 2 is 2.24 bits per heavy atom. The number of carbonyl (C=O) groups is 1. The van der Waals surface area contributed by atoms with Crippen molar-refractivity contribution in [2.24, 2.45) is 0 Å². The highest BCUT2D eigenvalue weighted by Gasteiger charge is 2.11. The van der Waals surface area contributed by atoms with E-state index < -0.39 is 0 Å². The second-order valence-electron chi connectivity index (χ2n) is 4.36. The van der Waals surface area contributed by atoms with Crippen LogP contribution in [0.15, 0.2) is 41.4 Å². The van der Waals surface area contributed by atoms with Gasteiger partial charge in [-0.1, -0.05) is 30.3 Å². The summed E-state index contributed by atoms with van der Waals surface area (Å²) >= 11 is 0. The molecule has 0 aliphatic carbocycles. The Bertz CT molecular complexity index is 622. The van der Waals surface area contributed by atoms with Crippen molar-refractivity contribution >= 4 is 11.6 Å². The second-order valence-corrected chi connectivity index (χ2v) is 4.36. The number of aromatic nitrogens is 2. The van der Waals surface area contributed by atoms with Crippen LogP contribution in [0.4, 0.5) is 5.69 Å². The van der Waals surface area contributed by atoms with Gasteiger partial charge < -0.3 is 15.2 Å². The highest BCUT2D eigenvalue weighted by molar-refractivity contribution is 5.99. The SMILES string of the molecule is C=CCNC(=O)c1ccccc1NCc1nc(CC)no1. The standard InChI is InChI=1S/C15H18N4O2/c1-3-9-16-15(20)11-7-5-6-8-12(11)17-10-14-18-13(4-2)19-21-14/h3,5-8,17H,1,4,9-10H2,2H3,(H,16,20). The summed E-state index contributed by atoms with van der Waals surface area (Å²) in [5.74, 6) is 1.01. The predicted molar refractivity (Wildman–Crippen MR) is 80.0 cm³/mol. The summed E-state index contributed by atoms with van der Waals surface area (Å²) in [6.45, 7) is 6.34. The smallest absolute Gasteiger partial charge is 0.253 e. The van der Waals surface area contributed by atoms with E-state index in [-0.39, 0.29) is 5.91 Å². The van der Waals surface area contributed by atoms with Gasteiger partial charge in [-0.25, -0.2) is 0 Å². The molecule has 2 N–H and O–H groups in total. The molecule has 0 spiro atoms. The maximum absolute atomic E-state index is 12.0. The van der Waals surface area contributed by atoms with Gasteiger partial charge in [0, 0.05) is 18.7 Å². The molecule has 0 aliphatic rings. The van der Waals surface area contributed by atoms with Gasteiger partial charge >= 0.3 is 0 Å². The zero-order chi connectivity index (χ0) is 15.1. The molecular weight excluding hydrogens is 268 g/mol. The van der Waals surface area contributed by atoms with Crippen LogP contribution in [0, 0.1) is 0 Å². The molecule has 1 heterocycles. The van der Waals surface area contributed by atoms with Crippen molar-refractivity contribution in [3.8, 4) is 0 Å². The highest BCUT2D eigenvalue weighted by atomic mass is 16.5. The van der Waals surface area contributed by atoms with Crippen LogP contribution in [0.5, 0.6) is 0 Å². The lowest BCUT2D eigenvalue weighted by molar-refractivity contribution is 0.0959. The Balaban J connectivity index is 2.05. The highest BCUT2D eigenvalue weighted by Crippen LogP contribution is 2.15. The Labute approximate surface area is 123 Å². The van der Waals surface area contributed by atoms with Crippen molar-refractivity contribution in [1.29, 1.82) is 0 Å². The fourth-order valence-corrected chi connectivity index (χ4v) is 1.77. The summed E-state index contributed by atoms with van der Waals surface area (Å²) in [6, 6.07) is 7.26. The molecule has 6 nitrogen and oxygen atoms in total. The summed E-state index contributed by atoms with van der Waals surface area (Å²) in [7, 11) is 0. The molecule has 6 heteroatoms. The van der Waals surface area contributed by atoms with Crippen LogP contribution in [0.1, 0.15) is 29.0 Å². The summed E-state index contributed by atoms with van der Waals surface area (Å²) in [5.41, 5.74) is 1.28. The normalized spacial score (nSPS) is 10.1. The van der Waals surface area contributed by atoms with Gasteiger partial charge in [0.05, 0.1) is 12.1 Å². The first-order chi connectivity index (χ1) is 10.2. The van der Waals surface area contributed by atoms with Crippen molar-refractivity contribution in [3.05, 3.63) is 54.2 Å². The van der Waals surface area contributed by atoms with Crippen molar-refractivity contribution < 1.29 is 9.32 Å². The number of hydrogen-bond acceptors (Lipinski definition) is 5. The molecule has 1 aromatic carbocycles. The molecule has 2 aromatic rings. The molecule has 1 aromatic heterocycles. The zero-order valence-electron chi connectivity index (χ0n) is 11.9. The Kier molecular flexibility index (Phi) is 5.09. The predicted octanol–water partition coefficient (Wildman–Crippen LogP) is 2.16. The van der Waals surface area contributed by atoms with Crippen LogP contribution in [0.25, 0.3) is 0 Å². The van der Waals surface area contributed by atoms with E-state index in [4.69, 9.17) is 4.52 Å². The van der Waals surface area contributed by atoms with E-state index in [2.05, 4.69) is 27.4 Å². The van der Waals surface area contributed by atoms with Gasteiger partial charge in [-0.2, -0.15) is 4.98 Å². The van der Waals surface area contributed by atoms with Crippen LogP contribution in [-0.4, -0.2) is 22.6 Å². The molecule has 0 radical (unpaired) electrons. The van der Waals surface area contributed by atoms with Gasteiger partial charge in [0.25, 0.3) is 5.91 Å². The van der Waals surface area contributed by atoms with Crippen LogP contribution < -0.4 is 10.6 Å². The minimum Gasteiger partial charge on any atom is -0.375 e. The molecule has 1 amide bonds. The zero-order valence-corrected chi connectivity index (χ0v) is 11.9. The van der Waals surface area contributed by atoms with E-state index in [0.717, 1.165) is 12.1 Å². The molecule has 21 heavy (non-hydrogen) atoms. The number of amides is 1. The number of aryl methyl sites for hydroxylation is 1. The topological polar surface area (TPSA) is 80.0 Å². The van der Waals surface area contributed by atoms with Crippen LogP contribution in [0.2, 0.25) is 0 Å². The van der Waals surface area contributed by atoms with Gasteiger partial charge in [0.2, 0.25) is 5.89 Å². The van der Waals surface area contributed by atoms with Crippen molar-refractivity contribution in [2.75, 3.05) is 11.9 Å². The maximum atomic E-state index is 12.0. The average molecular weight is 286 g/mol. The Morgan fingerprint density at radius 3 is 2.95 bits per heavy atom. The lowest BCUT2D eigenvalue weighted by atomic mass is 10.1. The largest absolute Gasteiger partial charge is 0.375 e. The molecule has 110 valence electrons. The summed E-state index contributed by atoms with van der Waals surface area (Å²) < 4.78 is 5.11. The van der Waals surface area contributed by atoms with Gasteiger partial charge in [-0.3, -0.25) is 4.79 Å². The third-order valence-electron chi connectivity index (χ3n) is 2.84. The molecule has 0 fully saturated rings. The monoisotopic (exact) mass is 286 g/mol. The first-order valence-electron chi connectivity index (χ1n) is 6.78. The number of rotatable bonds is 7. The summed E-state index contributed by atoms with van der Waals surface area (Å²) in [5, 5.41) is 9.72. The number of para-hydroxylation sites is 1. The molecule has 0 unspecified atom stereocenters. The number of nitrogens with zero attached hydrogens (tertiary/aromatic N) is 2. The van der Waals surface area contributed by atoms with Crippen LogP contribution in [0.3, 0.4) is 0 Å². The molecule has 0 saturated carbocycles. The number of nitrogens with one attached hydrogen (secondary N) is 2. The van der Waals surface area contributed by atoms with E-state index in [1.165, 1.54) is 0 Å². The van der Waals surface area contributed by atoms with Gasteiger partial charge in [-0.05, 0) is 12.1 Å². The Hall–Kier alpha value is -2.63. The molecule has 0 bridgehead atoms. The molecule has 0 atom stereocenters. The fourth-order valence-electron chi connectivity index (χ4n) is 1.77. The number of hydrogen-bond donors (Lipinski definition) is 2. The van der Waals surface area contributed by atoms with E-state index >= 15 is 0 Å². The molecular formula is C15H18N4O2. The lowest BCUT2D eigenvalue weighted by Gasteiger charge is -2.10. The van der Waals surface area contributed by atoms with E-state index in [0.29, 0.717) is 30.4 Å². The third-order valence-corrected chi connectivity index (χ3v) is 2.84. The number of anilines is 1. The summed E-state index contributed by atoms with van der Waals surface area (Å²) in [6.07, 6.45) is 2.36. The van der Waals surface area contributed by atoms with Crippen molar-refractivity contribution in [1.82, 2.24) is 15.5 Å². The minimum atomic E-state index is -0.155. The number of carbonyl (C=O) groups excluding carboxylic acids is 1. The van der Waals surface area contributed by atoms with Gasteiger partial charge in [0.1, 0.15) is 0 Å². The van der Waals surface area contributed by atoms with Crippen LogP contribution in [-0.2, 0) is 13.0 Å². The summed E-state index contributed by atoms with van der Waals surface area (Å²) in [4.78, 5) is 16.2. The van der Waals surface area contributed by atoms with Crippen LogP contribution >= 0.6 is 0 Å². The Morgan fingerprint density at radius 1 is 1.43 bits per heavy atom. The minimum absolute atomic E-state index is 0.155. The third kappa shape index (κ3) is 3.92. The van der Waals surface area contributed by atoms with E-state index in [1.54, 1.807) is 12.1 Å². The average Bonchev–Trinajstić information content (AvgIpc) is 2.99. The van der Waals surface area contributed by atoms with Crippen molar-refractivity contribution in [2.45, 2.75) is 19.9 Å². The lowest BCUT2D eigenvalue weighted by Crippen LogP contribution is -2.24. The molecule has 2 rings (SSSR count). The quantitative estimate of drug-likeness (QED) is 0.762. The maximum Gasteiger partial charge on any atom is 0.253 e. The van der Waals surface area contributed by atoms with Gasteiger partial charge in [0.15, 0.2) is 5.82 Å². The van der Waals surface area contributed by atoms with E-state index in [9.17, 15) is 4.79 Å². The molecule has 0 aliphatic heterocycles. The van der Waals surface area contributed by atoms with E-state index in [1.807, 2.05) is 25.1 Å². The first-order valence-corrected chi connectivity index (χ1v) is 6.78. The first kappa shape index (κ1) is 14.8. The van der Waals surface area contributed by atoms with Gasteiger partial charge in [-0.15, -0.1) is 6.58 Å².